The molecule has 0 bridgehead atoms. The Morgan fingerprint density at radius 2 is 1.80 bits per heavy atom. The number of aromatic nitrogens is 3. The number of alkyl halides is 3. The zero-order valence-corrected chi connectivity index (χ0v) is 22.4. The molecule has 0 aliphatic heterocycles. The van der Waals surface area contributed by atoms with E-state index in [1.165, 1.54) is 0 Å². The summed E-state index contributed by atoms with van der Waals surface area (Å²) < 4.78 is 42.9. The number of rotatable bonds is 8. The minimum absolute atomic E-state index is 0.0854. The van der Waals surface area contributed by atoms with E-state index in [2.05, 4.69) is 31.7 Å². The summed E-state index contributed by atoms with van der Waals surface area (Å²) in [5, 5.41) is 34.1. The van der Waals surface area contributed by atoms with Crippen molar-refractivity contribution in [2.75, 3.05) is 17.2 Å². The van der Waals surface area contributed by atoms with Crippen molar-refractivity contribution in [3.05, 3.63) is 67.9 Å². The second kappa shape index (κ2) is 13.1. The highest BCUT2D eigenvalue weighted by Gasteiger charge is 2.31. The molecule has 1 aromatic heterocycles. The number of anilines is 2. The van der Waals surface area contributed by atoms with E-state index in [0.717, 1.165) is 30.3 Å². The van der Waals surface area contributed by atoms with E-state index in [9.17, 15) is 28.1 Å². The lowest BCUT2D eigenvalue weighted by Crippen LogP contribution is -2.29. The van der Waals surface area contributed by atoms with Crippen LogP contribution in [0.3, 0.4) is 0 Å². The first-order valence-corrected chi connectivity index (χ1v) is 11.7. The second-order valence-electron chi connectivity index (χ2n) is 8.13. The maximum atomic E-state index is 12.6. The van der Waals surface area contributed by atoms with E-state index in [-0.39, 0.29) is 27.8 Å². The van der Waals surface area contributed by atoms with E-state index < -0.39 is 39.4 Å². The number of nitrogens with one attached hydrogen (secondary N) is 2. The molecule has 0 spiro atoms. The van der Waals surface area contributed by atoms with E-state index in [1.54, 1.807) is 13.8 Å². The molecule has 40 heavy (non-hydrogen) atoms. The lowest BCUT2D eigenvalue weighted by molar-refractivity contribution is -0.385. The molecule has 212 valence electrons. The van der Waals surface area contributed by atoms with Gasteiger partial charge in [-0.15, -0.1) is 0 Å². The molecule has 3 N–H and O–H groups in total. The summed E-state index contributed by atoms with van der Waals surface area (Å²) in [6.07, 6.45) is -4.58. The summed E-state index contributed by atoms with van der Waals surface area (Å²) in [4.78, 5) is 32.8. The minimum Gasteiger partial charge on any atom is -0.477 e. The van der Waals surface area contributed by atoms with Gasteiger partial charge in [0, 0.05) is 18.7 Å². The summed E-state index contributed by atoms with van der Waals surface area (Å²) in [6.45, 7) is 6.04. The highest BCUT2D eigenvalue weighted by atomic mass is 35.5. The first-order chi connectivity index (χ1) is 18.6. The standard InChI is InChI=1S/C14H7ClF3NO5.C9H13ClN6/c15-10-5-7(14(16,17)18)1-4-12(10)24-8-2-3-11(19(22)23)9(6-8)13(20)21;1-4-12-7-13-6(10)14-8(15-7)16-9(2,3)5-11/h1-6H,(H,20,21);4H2,1-3H3,(H2,12,13,14,15,16). The molecular formula is C23H20Cl2F3N7O5. The van der Waals surface area contributed by atoms with Crippen LogP contribution in [-0.2, 0) is 6.18 Å². The van der Waals surface area contributed by atoms with Gasteiger partial charge in [-0.1, -0.05) is 11.6 Å². The number of ether oxygens (including phenoxy) is 1. The number of carbonyl (C=O) groups is 1. The maximum Gasteiger partial charge on any atom is 0.416 e. The molecular weight excluding hydrogens is 582 g/mol. The van der Waals surface area contributed by atoms with Crippen LogP contribution in [0.5, 0.6) is 11.5 Å². The van der Waals surface area contributed by atoms with Crippen LogP contribution in [0.1, 0.15) is 36.7 Å². The van der Waals surface area contributed by atoms with Gasteiger partial charge in [0.1, 0.15) is 22.6 Å². The number of nitrogens with zero attached hydrogens (tertiary/aromatic N) is 5. The van der Waals surface area contributed by atoms with Crippen LogP contribution in [-0.4, -0.2) is 43.0 Å². The number of halogens is 5. The molecule has 0 fully saturated rings. The Kier molecular flexibility index (Phi) is 10.4. The first kappa shape index (κ1) is 31.8. The van der Waals surface area contributed by atoms with Crippen molar-refractivity contribution in [2.45, 2.75) is 32.5 Å². The molecule has 1 heterocycles. The van der Waals surface area contributed by atoms with Crippen molar-refractivity contribution in [3.63, 3.8) is 0 Å². The molecule has 0 unspecified atom stereocenters. The molecule has 0 saturated heterocycles. The van der Waals surface area contributed by atoms with Crippen LogP contribution >= 0.6 is 23.2 Å². The van der Waals surface area contributed by atoms with Crippen LogP contribution < -0.4 is 15.4 Å². The third-order valence-corrected chi connectivity index (χ3v) is 4.99. The second-order valence-corrected chi connectivity index (χ2v) is 8.88. The van der Waals surface area contributed by atoms with Crippen LogP contribution in [0, 0.1) is 21.4 Å². The number of nitro benzene ring substituents is 1. The molecule has 0 atom stereocenters. The van der Waals surface area contributed by atoms with Crippen molar-refractivity contribution in [3.8, 4) is 17.6 Å². The van der Waals surface area contributed by atoms with Gasteiger partial charge in [0.05, 0.1) is 21.6 Å². The number of carboxylic acid groups (broad SMARTS) is 1. The summed E-state index contributed by atoms with van der Waals surface area (Å²) in [5.41, 5.74) is -3.00. The molecule has 0 radical (unpaired) electrons. The molecule has 0 amide bonds. The SMILES string of the molecule is CCNc1nc(Cl)nc(NC(C)(C)C#N)n1.O=C(O)c1cc(Oc2ccc(C(F)(F)F)cc2Cl)ccc1[N+](=O)[O-]. The fourth-order valence-electron chi connectivity index (χ4n) is 2.75. The van der Waals surface area contributed by atoms with E-state index >= 15 is 0 Å². The Hall–Kier alpha value is -4.42. The zero-order valence-electron chi connectivity index (χ0n) is 20.9. The van der Waals surface area contributed by atoms with Gasteiger partial charge in [0.15, 0.2) is 0 Å². The highest BCUT2D eigenvalue weighted by Crippen LogP contribution is 2.37. The molecule has 0 aliphatic carbocycles. The normalized spacial score (nSPS) is 11.0. The molecule has 3 rings (SSSR count). The smallest absolute Gasteiger partial charge is 0.416 e. The molecule has 2 aromatic carbocycles. The summed E-state index contributed by atoms with van der Waals surface area (Å²) >= 11 is 11.5. The summed E-state index contributed by atoms with van der Waals surface area (Å²) in [5.74, 6) is -1.17. The van der Waals surface area contributed by atoms with Crippen molar-refractivity contribution in [2.24, 2.45) is 0 Å². The third-order valence-electron chi connectivity index (χ3n) is 4.53. The molecule has 0 saturated carbocycles. The maximum absolute atomic E-state index is 12.6. The predicted molar refractivity (Wildman–Crippen MR) is 139 cm³/mol. The monoisotopic (exact) mass is 601 g/mol. The average Bonchev–Trinajstić information content (AvgIpc) is 2.84. The predicted octanol–water partition coefficient (Wildman–Crippen LogP) is 6.43. The summed E-state index contributed by atoms with van der Waals surface area (Å²) in [7, 11) is 0. The number of hydrogen-bond donors (Lipinski definition) is 3. The Bertz CT molecular complexity index is 1450. The van der Waals surface area contributed by atoms with E-state index in [4.69, 9.17) is 38.3 Å². The van der Waals surface area contributed by atoms with Crippen molar-refractivity contribution >= 4 is 46.8 Å². The van der Waals surface area contributed by atoms with Gasteiger partial charge in [-0.2, -0.15) is 33.4 Å². The highest BCUT2D eigenvalue weighted by molar-refractivity contribution is 6.32. The number of benzene rings is 2. The van der Waals surface area contributed by atoms with Gasteiger partial charge in [-0.25, -0.2) is 4.79 Å². The third kappa shape index (κ3) is 9.10. The van der Waals surface area contributed by atoms with Crippen LogP contribution in [0.2, 0.25) is 10.3 Å². The first-order valence-electron chi connectivity index (χ1n) is 11.0. The largest absolute Gasteiger partial charge is 0.477 e. The number of carboxylic acids is 1. The van der Waals surface area contributed by atoms with E-state index in [0.29, 0.717) is 18.6 Å². The minimum atomic E-state index is -4.58. The van der Waals surface area contributed by atoms with Gasteiger partial charge in [0.2, 0.25) is 17.2 Å². The number of aromatic carboxylic acids is 1. The molecule has 0 aliphatic rings. The quantitative estimate of drug-likeness (QED) is 0.191. The number of hydrogen-bond acceptors (Lipinski definition) is 10. The number of nitriles is 1. The Morgan fingerprint density at radius 3 is 2.33 bits per heavy atom. The zero-order chi connectivity index (χ0) is 30.3. The average molecular weight is 602 g/mol. The van der Waals surface area contributed by atoms with Crippen molar-refractivity contribution < 1.29 is 32.7 Å². The van der Waals surface area contributed by atoms with Gasteiger partial charge >= 0.3 is 12.1 Å². The fraction of sp³-hybridized carbons (Fsp3) is 0.261. The Morgan fingerprint density at radius 1 is 1.15 bits per heavy atom. The van der Waals surface area contributed by atoms with Gasteiger partial charge < -0.3 is 20.5 Å². The Balaban J connectivity index is 0.000000305. The summed E-state index contributed by atoms with van der Waals surface area (Å²) in [6, 6.07) is 7.35. The Labute approximate surface area is 234 Å². The lowest BCUT2D eigenvalue weighted by atomic mass is 10.1. The van der Waals surface area contributed by atoms with Crippen LogP contribution in [0.4, 0.5) is 30.8 Å². The number of nitro groups is 1. The van der Waals surface area contributed by atoms with Crippen molar-refractivity contribution in [1.82, 2.24) is 15.0 Å². The van der Waals surface area contributed by atoms with Crippen LogP contribution in [0.25, 0.3) is 0 Å². The van der Waals surface area contributed by atoms with Crippen LogP contribution in [0.15, 0.2) is 36.4 Å². The van der Waals surface area contributed by atoms with Gasteiger partial charge in [-0.05, 0) is 56.6 Å². The molecule has 12 nitrogen and oxygen atoms in total. The fourth-order valence-corrected chi connectivity index (χ4v) is 3.13. The van der Waals surface area contributed by atoms with Gasteiger partial charge in [-0.3, -0.25) is 10.1 Å². The lowest BCUT2D eigenvalue weighted by Gasteiger charge is -2.17. The molecule has 3 aromatic rings. The molecule has 17 heteroatoms. The van der Waals surface area contributed by atoms with Gasteiger partial charge in [0.25, 0.3) is 5.69 Å². The van der Waals surface area contributed by atoms with E-state index in [1.807, 2.05) is 6.92 Å². The van der Waals surface area contributed by atoms with Crippen molar-refractivity contribution in [1.29, 1.82) is 5.26 Å². The topological polar surface area (TPSA) is 176 Å².